The van der Waals surface area contributed by atoms with Crippen molar-refractivity contribution in [3.8, 4) is 11.1 Å². The van der Waals surface area contributed by atoms with Crippen LogP contribution >= 0.6 is 11.6 Å². The van der Waals surface area contributed by atoms with Crippen molar-refractivity contribution >= 4 is 34.2 Å². The van der Waals surface area contributed by atoms with Crippen LogP contribution < -0.4 is 5.73 Å². The summed E-state index contributed by atoms with van der Waals surface area (Å²) in [7, 11) is 3.42. The van der Waals surface area contributed by atoms with Gasteiger partial charge in [0, 0.05) is 36.9 Å². The molecule has 0 spiro atoms. The summed E-state index contributed by atoms with van der Waals surface area (Å²) in [5, 5.41) is 1.63. The number of H-pyrrole nitrogens is 1. The molecule has 0 aliphatic rings. The minimum absolute atomic E-state index is 0.0985. The maximum Gasteiger partial charge on any atom is 0.255 e. The fourth-order valence-electron chi connectivity index (χ4n) is 3.12. The second kappa shape index (κ2) is 6.89. The molecule has 3 rings (SSSR count). The van der Waals surface area contributed by atoms with E-state index >= 15 is 0 Å². The molecule has 142 valence electrons. The lowest BCUT2D eigenvalue weighted by atomic mass is 9.88. The molecule has 2 heterocycles. The second-order valence-corrected chi connectivity index (χ2v) is 8.65. The number of benzene rings is 1. The van der Waals surface area contributed by atoms with Crippen LogP contribution in [-0.4, -0.2) is 34.9 Å². The first-order chi connectivity index (χ1) is 12.6. The molecule has 1 amide bonds. The summed E-state index contributed by atoms with van der Waals surface area (Å²) < 4.78 is 0. The lowest BCUT2D eigenvalue weighted by Gasteiger charge is -2.18. The van der Waals surface area contributed by atoms with Crippen LogP contribution in [0.25, 0.3) is 22.2 Å². The van der Waals surface area contributed by atoms with Gasteiger partial charge in [-0.1, -0.05) is 38.4 Å². The van der Waals surface area contributed by atoms with Crippen molar-refractivity contribution in [3.63, 3.8) is 0 Å². The highest BCUT2D eigenvalue weighted by Gasteiger charge is 2.19. The van der Waals surface area contributed by atoms with Gasteiger partial charge in [-0.15, -0.1) is 0 Å². The molecule has 0 bridgehead atoms. The number of anilines is 1. The highest BCUT2D eigenvalue weighted by atomic mass is 35.5. The standard InChI is InChI=1S/C21H25ClN4O/c1-21(2,3)10-16-14-9-13(11-24-19(14)25-18(16)22)12-6-7-17(23)15(8-12)20(27)26(4)5/h6-9,11H,10,23H2,1-5H3,(H,24,25). The summed E-state index contributed by atoms with van der Waals surface area (Å²) in [6, 6.07) is 7.55. The predicted octanol–water partition coefficient (Wildman–Crippen LogP) is 4.76. The zero-order chi connectivity index (χ0) is 19.9. The highest BCUT2D eigenvalue weighted by molar-refractivity contribution is 6.31. The number of aromatic nitrogens is 2. The minimum Gasteiger partial charge on any atom is -0.398 e. The molecule has 1 aromatic carbocycles. The number of amides is 1. The van der Waals surface area contributed by atoms with Crippen molar-refractivity contribution in [2.45, 2.75) is 27.2 Å². The fourth-order valence-corrected chi connectivity index (χ4v) is 3.37. The Balaban J connectivity index is 2.11. The number of carbonyl (C=O) groups is 1. The number of carbonyl (C=O) groups excluding carboxylic acids is 1. The molecule has 3 N–H and O–H groups in total. The number of nitrogen functional groups attached to an aromatic ring is 1. The van der Waals surface area contributed by atoms with Crippen LogP contribution in [0.5, 0.6) is 0 Å². The van der Waals surface area contributed by atoms with E-state index in [1.165, 1.54) is 4.90 Å². The van der Waals surface area contributed by atoms with E-state index < -0.39 is 0 Å². The van der Waals surface area contributed by atoms with Crippen LogP contribution in [0.3, 0.4) is 0 Å². The van der Waals surface area contributed by atoms with Gasteiger partial charge in [-0.05, 0) is 41.2 Å². The molecule has 0 aliphatic heterocycles. The first-order valence-corrected chi connectivity index (χ1v) is 9.22. The Hall–Kier alpha value is -2.53. The Labute approximate surface area is 164 Å². The molecule has 5 nitrogen and oxygen atoms in total. The van der Waals surface area contributed by atoms with E-state index in [4.69, 9.17) is 17.3 Å². The molecule has 0 saturated heterocycles. The van der Waals surface area contributed by atoms with Crippen LogP contribution in [0.4, 0.5) is 5.69 Å². The Morgan fingerprint density at radius 2 is 1.93 bits per heavy atom. The number of halogens is 1. The molecule has 0 fully saturated rings. The van der Waals surface area contributed by atoms with Gasteiger partial charge in [0.15, 0.2) is 0 Å². The van der Waals surface area contributed by atoms with E-state index in [2.05, 4.69) is 36.8 Å². The Morgan fingerprint density at radius 3 is 2.56 bits per heavy atom. The number of fused-ring (bicyclic) bond motifs is 1. The molecule has 0 saturated carbocycles. The SMILES string of the molecule is CN(C)C(=O)c1cc(-c2cnc3[nH]c(Cl)c(CC(C)(C)C)c3c2)ccc1N. The Kier molecular flexibility index (Phi) is 4.91. The van der Waals surface area contributed by atoms with Crippen molar-refractivity contribution in [1.82, 2.24) is 14.9 Å². The number of aromatic amines is 1. The van der Waals surface area contributed by atoms with Gasteiger partial charge in [-0.2, -0.15) is 0 Å². The molecule has 0 aliphatic carbocycles. The van der Waals surface area contributed by atoms with Gasteiger partial charge < -0.3 is 15.6 Å². The van der Waals surface area contributed by atoms with Crippen LogP contribution in [0, 0.1) is 5.41 Å². The summed E-state index contributed by atoms with van der Waals surface area (Å²) in [5.41, 5.74) is 10.7. The largest absolute Gasteiger partial charge is 0.398 e. The third-order valence-corrected chi connectivity index (χ3v) is 4.76. The average molecular weight is 385 g/mol. The molecular weight excluding hydrogens is 360 g/mol. The molecule has 0 unspecified atom stereocenters. The van der Waals surface area contributed by atoms with Gasteiger partial charge >= 0.3 is 0 Å². The predicted molar refractivity (Wildman–Crippen MR) is 112 cm³/mol. The minimum atomic E-state index is -0.124. The van der Waals surface area contributed by atoms with E-state index in [0.29, 0.717) is 16.4 Å². The topological polar surface area (TPSA) is 75.0 Å². The Bertz CT molecular complexity index is 1010. The van der Waals surface area contributed by atoms with E-state index in [1.807, 2.05) is 12.1 Å². The van der Waals surface area contributed by atoms with Crippen molar-refractivity contribution < 1.29 is 4.79 Å². The average Bonchev–Trinajstić information content (AvgIpc) is 2.88. The monoisotopic (exact) mass is 384 g/mol. The zero-order valence-corrected chi connectivity index (χ0v) is 17.1. The van der Waals surface area contributed by atoms with Gasteiger partial charge in [-0.3, -0.25) is 4.79 Å². The molecule has 0 radical (unpaired) electrons. The summed E-state index contributed by atoms with van der Waals surface area (Å²) in [4.78, 5) is 21.6. The highest BCUT2D eigenvalue weighted by Crippen LogP contribution is 2.34. The van der Waals surface area contributed by atoms with E-state index in [-0.39, 0.29) is 11.3 Å². The zero-order valence-electron chi connectivity index (χ0n) is 16.4. The van der Waals surface area contributed by atoms with E-state index in [9.17, 15) is 4.79 Å². The molecule has 27 heavy (non-hydrogen) atoms. The first kappa shape index (κ1) is 19.2. The van der Waals surface area contributed by atoms with Crippen molar-refractivity contribution in [2.75, 3.05) is 19.8 Å². The van der Waals surface area contributed by atoms with Gasteiger partial charge in [-0.25, -0.2) is 4.98 Å². The maximum atomic E-state index is 12.4. The van der Waals surface area contributed by atoms with Gasteiger partial charge in [0.05, 0.1) is 5.56 Å². The normalized spacial score (nSPS) is 11.8. The Morgan fingerprint density at radius 1 is 1.22 bits per heavy atom. The van der Waals surface area contributed by atoms with Gasteiger partial charge in [0.25, 0.3) is 5.91 Å². The third-order valence-electron chi connectivity index (χ3n) is 4.44. The quantitative estimate of drug-likeness (QED) is 0.639. The number of nitrogens with two attached hydrogens (primary N) is 1. The maximum absolute atomic E-state index is 12.4. The summed E-state index contributed by atoms with van der Waals surface area (Å²) in [5.74, 6) is -0.124. The summed E-state index contributed by atoms with van der Waals surface area (Å²) in [6.45, 7) is 6.54. The number of nitrogens with zero attached hydrogens (tertiary/aromatic N) is 2. The number of rotatable bonds is 3. The smallest absolute Gasteiger partial charge is 0.255 e. The first-order valence-electron chi connectivity index (χ1n) is 8.84. The summed E-state index contributed by atoms with van der Waals surface area (Å²) in [6.07, 6.45) is 2.62. The molecule has 6 heteroatoms. The van der Waals surface area contributed by atoms with Crippen molar-refractivity contribution in [1.29, 1.82) is 0 Å². The van der Waals surface area contributed by atoms with Crippen LogP contribution in [0.1, 0.15) is 36.7 Å². The number of hydrogen-bond acceptors (Lipinski definition) is 3. The molecule has 2 aromatic heterocycles. The third kappa shape index (κ3) is 3.93. The van der Waals surface area contributed by atoms with Gasteiger partial charge in [0.1, 0.15) is 10.8 Å². The molecule has 3 aromatic rings. The lowest BCUT2D eigenvalue weighted by Crippen LogP contribution is -2.22. The van der Waals surface area contributed by atoms with E-state index in [1.54, 1.807) is 26.4 Å². The van der Waals surface area contributed by atoms with Crippen molar-refractivity contribution in [3.05, 3.63) is 46.7 Å². The summed E-state index contributed by atoms with van der Waals surface area (Å²) >= 11 is 6.43. The number of hydrogen-bond donors (Lipinski definition) is 2. The van der Waals surface area contributed by atoms with Crippen molar-refractivity contribution in [2.24, 2.45) is 5.41 Å². The second-order valence-electron chi connectivity index (χ2n) is 8.28. The van der Waals surface area contributed by atoms with E-state index in [0.717, 1.165) is 34.1 Å². The fraction of sp³-hybridized carbons (Fsp3) is 0.333. The molecular formula is C21H25ClN4O. The van der Waals surface area contributed by atoms with Gasteiger partial charge in [0.2, 0.25) is 0 Å². The van der Waals surface area contributed by atoms with Crippen LogP contribution in [0.15, 0.2) is 30.5 Å². The number of pyridine rings is 1. The van der Waals surface area contributed by atoms with Crippen LogP contribution in [0.2, 0.25) is 5.15 Å². The molecule has 0 atom stereocenters. The number of nitrogens with one attached hydrogen (secondary N) is 1. The van der Waals surface area contributed by atoms with Crippen LogP contribution in [-0.2, 0) is 6.42 Å². The lowest BCUT2D eigenvalue weighted by molar-refractivity contribution is 0.0828.